The second-order valence-corrected chi connectivity index (χ2v) is 6.09. The topological polar surface area (TPSA) is 65.5 Å². The lowest BCUT2D eigenvalue weighted by Gasteiger charge is -2.21. The number of H-pyrrole nitrogens is 1. The molecule has 140 valence electrons. The number of hydrogen-bond acceptors (Lipinski definition) is 3. The van der Waals surface area contributed by atoms with E-state index >= 15 is 0 Å². The minimum absolute atomic E-state index is 0.573. The average Bonchev–Trinajstić information content (AvgIpc) is 3.19. The van der Waals surface area contributed by atoms with Gasteiger partial charge in [0.2, 0.25) is 0 Å². The van der Waals surface area contributed by atoms with Crippen LogP contribution in [0.2, 0.25) is 0 Å². The van der Waals surface area contributed by atoms with E-state index in [4.69, 9.17) is 4.74 Å². The highest BCUT2D eigenvalue weighted by Gasteiger charge is 2.08. The van der Waals surface area contributed by atoms with Crippen LogP contribution >= 0.6 is 0 Å². The molecule has 0 saturated carbocycles. The van der Waals surface area contributed by atoms with E-state index in [9.17, 15) is 0 Å². The Morgan fingerprint density at radius 3 is 2.52 bits per heavy atom. The van der Waals surface area contributed by atoms with E-state index < -0.39 is 0 Å². The molecule has 0 atom stereocenters. The Morgan fingerprint density at radius 2 is 1.81 bits per heavy atom. The Morgan fingerprint density at radius 1 is 1.11 bits per heavy atom. The predicted molar refractivity (Wildman–Crippen MR) is 109 cm³/mol. The fourth-order valence-corrected chi connectivity index (χ4v) is 2.69. The van der Waals surface area contributed by atoms with Crippen molar-refractivity contribution in [1.82, 2.24) is 20.2 Å². The molecule has 2 aromatic carbocycles. The Labute approximate surface area is 159 Å². The van der Waals surface area contributed by atoms with Gasteiger partial charge in [-0.05, 0) is 17.7 Å². The van der Waals surface area contributed by atoms with Crippen molar-refractivity contribution in [2.24, 2.45) is 4.99 Å². The summed E-state index contributed by atoms with van der Waals surface area (Å²) in [6, 6.07) is 20.0. The zero-order valence-electron chi connectivity index (χ0n) is 15.7. The molecule has 6 nitrogen and oxygen atoms in total. The Hall–Kier alpha value is -3.28. The number of likely N-dealkylation sites (N-methyl/N-ethyl adjacent to an activating group) is 1. The van der Waals surface area contributed by atoms with Crippen LogP contribution in [0.3, 0.4) is 0 Å². The lowest BCUT2D eigenvalue weighted by molar-refractivity contribution is 0.281. The number of nitrogens with one attached hydrogen (secondary N) is 2. The van der Waals surface area contributed by atoms with Crippen LogP contribution in [0.4, 0.5) is 0 Å². The van der Waals surface area contributed by atoms with Crippen molar-refractivity contribution in [3.8, 4) is 17.0 Å². The number of aliphatic imine (C=N–C) groups is 1. The van der Waals surface area contributed by atoms with E-state index in [1.807, 2.05) is 66.7 Å². The van der Waals surface area contributed by atoms with Crippen molar-refractivity contribution in [2.75, 3.05) is 27.2 Å². The Bertz CT molecular complexity index is 845. The molecule has 0 aliphatic carbocycles. The van der Waals surface area contributed by atoms with E-state index in [-0.39, 0.29) is 0 Å². The van der Waals surface area contributed by atoms with Crippen LogP contribution in [0.1, 0.15) is 5.82 Å². The van der Waals surface area contributed by atoms with Crippen molar-refractivity contribution in [1.29, 1.82) is 0 Å². The zero-order valence-corrected chi connectivity index (χ0v) is 15.7. The summed E-state index contributed by atoms with van der Waals surface area (Å²) in [5.74, 6) is 2.53. The van der Waals surface area contributed by atoms with Gasteiger partial charge in [-0.15, -0.1) is 0 Å². The highest BCUT2D eigenvalue weighted by molar-refractivity contribution is 5.79. The van der Waals surface area contributed by atoms with Gasteiger partial charge in [0.25, 0.3) is 0 Å². The molecule has 2 N–H and O–H groups in total. The van der Waals surface area contributed by atoms with Crippen molar-refractivity contribution < 1.29 is 4.74 Å². The van der Waals surface area contributed by atoms with Gasteiger partial charge in [0.15, 0.2) is 5.96 Å². The number of nitrogens with zero attached hydrogens (tertiary/aromatic N) is 3. The smallest absolute Gasteiger partial charge is 0.193 e. The molecule has 6 heteroatoms. The highest BCUT2D eigenvalue weighted by Crippen LogP contribution is 2.15. The standard InChI is InChI=1S/C21H25N5O/c1-22-21(26(2)13-14-27-18-11-7-4-8-12-18)24-16-20-23-15-19(25-20)17-9-5-3-6-10-17/h3-12,15H,13-14,16H2,1-2H3,(H,22,24)(H,23,25). The van der Waals surface area contributed by atoms with E-state index in [2.05, 4.69) is 32.4 Å². The van der Waals surface area contributed by atoms with Crippen LogP contribution in [0, 0.1) is 0 Å². The molecule has 0 bridgehead atoms. The van der Waals surface area contributed by atoms with E-state index in [0.29, 0.717) is 13.2 Å². The van der Waals surface area contributed by atoms with E-state index in [0.717, 1.165) is 35.3 Å². The summed E-state index contributed by atoms with van der Waals surface area (Å²) in [5, 5.41) is 3.33. The molecule has 27 heavy (non-hydrogen) atoms. The number of para-hydroxylation sites is 1. The number of aromatic amines is 1. The molecule has 1 heterocycles. The summed E-state index contributed by atoms with van der Waals surface area (Å²) in [5.41, 5.74) is 2.13. The van der Waals surface area contributed by atoms with Crippen LogP contribution < -0.4 is 10.1 Å². The van der Waals surface area contributed by atoms with Gasteiger partial charge in [-0.2, -0.15) is 0 Å². The lowest BCUT2D eigenvalue weighted by Crippen LogP contribution is -2.40. The fourth-order valence-electron chi connectivity index (χ4n) is 2.69. The number of aromatic nitrogens is 2. The molecule has 0 amide bonds. The summed E-state index contributed by atoms with van der Waals surface area (Å²) in [6.07, 6.45) is 1.85. The predicted octanol–water partition coefficient (Wildman–Crippen LogP) is 3.16. The van der Waals surface area contributed by atoms with Gasteiger partial charge in [0, 0.05) is 14.1 Å². The Kier molecular flexibility index (Phi) is 6.46. The van der Waals surface area contributed by atoms with Crippen molar-refractivity contribution in [3.63, 3.8) is 0 Å². The van der Waals surface area contributed by atoms with Crippen LogP contribution in [0.25, 0.3) is 11.3 Å². The fraction of sp³-hybridized carbons (Fsp3) is 0.238. The molecule has 0 fully saturated rings. The minimum Gasteiger partial charge on any atom is -0.492 e. The quantitative estimate of drug-likeness (QED) is 0.500. The highest BCUT2D eigenvalue weighted by atomic mass is 16.5. The monoisotopic (exact) mass is 363 g/mol. The van der Waals surface area contributed by atoms with Gasteiger partial charge < -0.3 is 19.9 Å². The molecule has 0 spiro atoms. The zero-order chi connectivity index (χ0) is 18.9. The third-order valence-corrected chi connectivity index (χ3v) is 4.14. The van der Waals surface area contributed by atoms with Crippen molar-refractivity contribution in [3.05, 3.63) is 72.7 Å². The number of benzene rings is 2. The summed E-state index contributed by atoms with van der Waals surface area (Å²) in [4.78, 5) is 14.1. The summed E-state index contributed by atoms with van der Waals surface area (Å²) >= 11 is 0. The molecule has 0 saturated heterocycles. The first-order chi connectivity index (χ1) is 13.3. The number of ether oxygens (including phenoxy) is 1. The third-order valence-electron chi connectivity index (χ3n) is 4.14. The number of imidazole rings is 1. The molecule has 1 aromatic heterocycles. The molecule has 0 aliphatic heterocycles. The SMILES string of the molecule is CN=C(NCc1ncc(-c2ccccc2)[nH]1)N(C)CCOc1ccccc1. The maximum Gasteiger partial charge on any atom is 0.193 e. The molecule has 0 radical (unpaired) electrons. The Balaban J connectivity index is 1.48. The number of guanidine groups is 1. The largest absolute Gasteiger partial charge is 0.492 e. The first-order valence-electron chi connectivity index (χ1n) is 8.95. The molecular weight excluding hydrogens is 338 g/mol. The summed E-state index contributed by atoms with van der Waals surface area (Å²) < 4.78 is 5.74. The first kappa shape index (κ1) is 18.5. The molecule has 3 aromatic rings. The van der Waals surface area contributed by atoms with Crippen molar-refractivity contribution in [2.45, 2.75) is 6.54 Å². The molecular formula is C21H25N5O. The molecule has 3 rings (SSSR count). The average molecular weight is 363 g/mol. The molecule has 0 unspecified atom stereocenters. The second-order valence-electron chi connectivity index (χ2n) is 6.09. The van der Waals surface area contributed by atoms with Crippen LogP contribution in [-0.2, 0) is 6.54 Å². The van der Waals surface area contributed by atoms with Gasteiger partial charge in [-0.25, -0.2) is 4.98 Å². The summed E-state index contributed by atoms with van der Waals surface area (Å²) in [6.45, 7) is 1.88. The maximum atomic E-state index is 5.74. The second kappa shape index (κ2) is 9.43. The van der Waals surface area contributed by atoms with E-state index in [1.165, 1.54) is 0 Å². The van der Waals surface area contributed by atoms with Gasteiger partial charge in [0.1, 0.15) is 18.2 Å². The van der Waals surface area contributed by atoms with Crippen LogP contribution in [0.15, 0.2) is 71.9 Å². The maximum absolute atomic E-state index is 5.74. The van der Waals surface area contributed by atoms with Crippen LogP contribution in [-0.4, -0.2) is 48.1 Å². The number of hydrogen-bond donors (Lipinski definition) is 2. The normalized spacial score (nSPS) is 11.3. The van der Waals surface area contributed by atoms with Gasteiger partial charge in [-0.1, -0.05) is 48.5 Å². The van der Waals surface area contributed by atoms with Gasteiger partial charge >= 0.3 is 0 Å². The summed E-state index contributed by atoms with van der Waals surface area (Å²) in [7, 11) is 3.76. The number of rotatable bonds is 7. The van der Waals surface area contributed by atoms with Crippen LogP contribution in [0.5, 0.6) is 5.75 Å². The third kappa shape index (κ3) is 5.34. The minimum atomic E-state index is 0.573. The van der Waals surface area contributed by atoms with Gasteiger partial charge in [0.05, 0.1) is 25.0 Å². The van der Waals surface area contributed by atoms with E-state index in [1.54, 1.807) is 7.05 Å². The molecule has 0 aliphatic rings. The lowest BCUT2D eigenvalue weighted by atomic mass is 10.2. The van der Waals surface area contributed by atoms with Crippen molar-refractivity contribution >= 4 is 5.96 Å². The van der Waals surface area contributed by atoms with Gasteiger partial charge in [-0.3, -0.25) is 4.99 Å². The first-order valence-corrected chi connectivity index (χ1v) is 8.95.